The van der Waals surface area contributed by atoms with E-state index >= 15 is 0 Å². The zero-order valence-electron chi connectivity index (χ0n) is 12.2. The molecular formula is C18H17Cl2Zr. The van der Waals surface area contributed by atoms with E-state index in [9.17, 15) is 0 Å². The molecule has 0 aliphatic heterocycles. The first-order valence-electron chi connectivity index (χ1n) is 6.82. The van der Waals surface area contributed by atoms with Crippen molar-refractivity contribution < 1.29 is 49.5 Å². The van der Waals surface area contributed by atoms with Crippen LogP contribution in [-0.4, -0.2) is 0 Å². The summed E-state index contributed by atoms with van der Waals surface area (Å²) in [6.45, 7) is 4.45. The van der Waals surface area contributed by atoms with Crippen LogP contribution in [0.3, 0.4) is 0 Å². The molecule has 0 amide bonds. The summed E-state index contributed by atoms with van der Waals surface area (Å²) >= 11 is 1.59. The second kappa shape index (κ2) is 7.77. The van der Waals surface area contributed by atoms with Crippen LogP contribution < -0.4 is 24.8 Å². The largest absolute Gasteiger partial charge is 1.00 e. The number of benzene rings is 2. The summed E-state index contributed by atoms with van der Waals surface area (Å²) in [5.41, 5.74) is 8.57. The smallest absolute Gasteiger partial charge is 1.00 e. The molecule has 0 heterocycles. The average Bonchev–Trinajstić information content (AvgIpc) is 2.75. The van der Waals surface area contributed by atoms with Gasteiger partial charge in [-0.05, 0) is 0 Å². The summed E-state index contributed by atoms with van der Waals surface area (Å²) in [5.74, 6) is 0. The first-order chi connectivity index (χ1) is 9.20. The second-order valence-electron chi connectivity index (χ2n) is 5.18. The molecule has 0 saturated heterocycles. The third-order valence-electron chi connectivity index (χ3n) is 3.95. The molecule has 0 N–H and O–H groups in total. The molecule has 0 bridgehead atoms. The number of rotatable bonds is 2. The van der Waals surface area contributed by atoms with Crippen molar-refractivity contribution >= 4 is 6.08 Å². The summed E-state index contributed by atoms with van der Waals surface area (Å²) in [6, 6.07) is 15.7. The molecule has 1 aliphatic rings. The number of hydrogen-bond acceptors (Lipinski definition) is 0. The van der Waals surface area contributed by atoms with Crippen molar-refractivity contribution in [1.29, 1.82) is 0 Å². The zero-order chi connectivity index (χ0) is 13.4. The van der Waals surface area contributed by atoms with Crippen LogP contribution in [0.15, 0.2) is 48.0 Å². The van der Waals surface area contributed by atoms with Gasteiger partial charge in [-0.2, -0.15) is 0 Å². The number of fused-ring (bicyclic) bond motifs is 1. The quantitative estimate of drug-likeness (QED) is 0.608. The van der Waals surface area contributed by atoms with Gasteiger partial charge in [0, 0.05) is 0 Å². The van der Waals surface area contributed by atoms with Crippen LogP contribution in [0, 0.1) is 0 Å². The SMILES string of the molecule is CCc1ccc(-c2cccc3c2C=C(C)[CH]3[Zr+2])cc1.[Cl-].[Cl-]. The predicted molar refractivity (Wildman–Crippen MR) is 77.6 cm³/mol. The van der Waals surface area contributed by atoms with Crippen LogP contribution in [-0.2, 0) is 31.1 Å². The molecule has 107 valence electrons. The summed E-state index contributed by atoms with van der Waals surface area (Å²) in [7, 11) is 0. The molecule has 21 heavy (non-hydrogen) atoms. The van der Waals surface area contributed by atoms with Gasteiger partial charge in [-0.1, -0.05) is 0 Å². The Kier molecular flexibility index (Phi) is 6.92. The van der Waals surface area contributed by atoms with Gasteiger partial charge in [-0.25, -0.2) is 0 Å². The maximum Gasteiger partial charge on any atom is -1.00 e. The average molecular weight is 395 g/mol. The maximum atomic E-state index is 2.37. The van der Waals surface area contributed by atoms with E-state index in [-0.39, 0.29) is 24.8 Å². The van der Waals surface area contributed by atoms with Gasteiger partial charge in [0.25, 0.3) is 0 Å². The van der Waals surface area contributed by atoms with Crippen molar-refractivity contribution in [1.82, 2.24) is 0 Å². The first kappa shape index (κ1) is 18.7. The number of halogens is 2. The van der Waals surface area contributed by atoms with Crippen LogP contribution in [0.5, 0.6) is 0 Å². The molecule has 3 rings (SSSR count). The Morgan fingerprint density at radius 2 is 1.67 bits per heavy atom. The van der Waals surface area contributed by atoms with Gasteiger partial charge in [0.15, 0.2) is 0 Å². The Hall–Kier alpha value is -0.357. The molecule has 0 fully saturated rings. The van der Waals surface area contributed by atoms with Gasteiger partial charge < -0.3 is 24.8 Å². The zero-order valence-corrected chi connectivity index (χ0v) is 16.1. The van der Waals surface area contributed by atoms with E-state index in [1.54, 1.807) is 24.7 Å². The van der Waals surface area contributed by atoms with Gasteiger partial charge in [0.1, 0.15) is 0 Å². The van der Waals surface area contributed by atoms with Gasteiger partial charge >= 0.3 is 131 Å². The van der Waals surface area contributed by atoms with Crippen LogP contribution in [0.25, 0.3) is 17.2 Å². The van der Waals surface area contributed by atoms with Gasteiger partial charge in [0.2, 0.25) is 0 Å². The van der Waals surface area contributed by atoms with Gasteiger partial charge in [0.05, 0.1) is 0 Å². The molecular weight excluding hydrogens is 378 g/mol. The summed E-state index contributed by atoms with van der Waals surface area (Å²) < 4.78 is 0.650. The fourth-order valence-electron chi connectivity index (χ4n) is 2.72. The summed E-state index contributed by atoms with van der Waals surface area (Å²) in [4.78, 5) is 0. The monoisotopic (exact) mass is 393 g/mol. The predicted octanol–water partition coefficient (Wildman–Crippen LogP) is -1.07. The van der Waals surface area contributed by atoms with Gasteiger partial charge in [-0.15, -0.1) is 0 Å². The third kappa shape index (κ3) is 3.53. The third-order valence-corrected chi connectivity index (χ3v) is 5.84. The molecule has 0 radical (unpaired) electrons. The van der Waals surface area contributed by atoms with E-state index in [0.29, 0.717) is 3.63 Å². The topological polar surface area (TPSA) is 0 Å². The Bertz CT molecular complexity index is 645. The fraction of sp³-hybridized carbons (Fsp3) is 0.222. The number of aryl methyl sites for hydroxylation is 1. The normalized spacial score (nSPS) is 15.6. The number of hydrogen-bond donors (Lipinski definition) is 0. The molecule has 1 aliphatic carbocycles. The summed E-state index contributed by atoms with van der Waals surface area (Å²) in [6.07, 6.45) is 3.48. The van der Waals surface area contributed by atoms with Gasteiger partial charge in [-0.3, -0.25) is 0 Å². The fourth-order valence-corrected chi connectivity index (χ4v) is 3.55. The molecule has 1 unspecified atom stereocenters. The summed E-state index contributed by atoms with van der Waals surface area (Å²) in [5, 5.41) is 0. The van der Waals surface area contributed by atoms with Crippen molar-refractivity contribution in [2.45, 2.75) is 23.9 Å². The minimum absolute atomic E-state index is 0. The van der Waals surface area contributed by atoms with E-state index in [0.717, 1.165) is 6.42 Å². The van der Waals surface area contributed by atoms with E-state index in [4.69, 9.17) is 0 Å². The van der Waals surface area contributed by atoms with Crippen molar-refractivity contribution in [3.05, 3.63) is 64.7 Å². The minimum atomic E-state index is 0. The maximum absolute atomic E-state index is 2.37. The second-order valence-corrected chi connectivity index (χ2v) is 6.60. The van der Waals surface area contributed by atoms with Crippen LogP contribution >= 0.6 is 0 Å². The molecule has 1 atom stereocenters. The van der Waals surface area contributed by atoms with E-state index in [2.05, 4.69) is 62.4 Å². The Labute approximate surface area is 154 Å². The van der Waals surface area contributed by atoms with E-state index in [1.807, 2.05) is 0 Å². The minimum Gasteiger partial charge on any atom is -1.00 e. The van der Waals surface area contributed by atoms with Crippen LogP contribution in [0.1, 0.15) is 34.2 Å². The molecule has 0 aromatic heterocycles. The Morgan fingerprint density at radius 1 is 1.00 bits per heavy atom. The molecule has 0 saturated carbocycles. The molecule has 2 aromatic carbocycles. The molecule has 0 spiro atoms. The van der Waals surface area contributed by atoms with Crippen molar-refractivity contribution in [2.24, 2.45) is 0 Å². The first-order valence-corrected chi connectivity index (χ1v) is 8.24. The standard InChI is InChI=1S/C18H17.2ClH.Zr/c1-3-14-7-9-15(10-8-14)17-6-4-5-16-11-13(2)12-18(16)17;;;/h4-12H,3H2,1-2H3;2*1H;/q;;;+2/p-2. The number of allylic oxidation sites excluding steroid dienone is 1. The van der Waals surface area contributed by atoms with Crippen LogP contribution in [0.2, 0.25) is 0 Å². The van der Waals surface area contributed by atoms with Crippen molar-refractivity contribution in [2.75, 3.05) is 0 Å². The van der Waals surface area contributed by atoms with Crippen molar-refractivity contribution in [3.8, 4) is 11.1 Å². The van der Waals surface area contributed by atoms with E-state index in [1.165, 1.54) is 33.4 Å². The van der Waals surface area contributed by atoms with Crippen LogP contribution in [0.4, 0.5) is 0 Å². The Morgan fingerprint density at radius 3 is 2.29 bits per heavy atom. The molecule has 3 heteroatoms. The Balaban J connectivity index is 0.00000110. The van der Waals surface area contributed by atoms with Crippen molar-refractivity contribution in [3.63, 3.8) is 0 Å². The molecule has 0 nitrogen and oxygen atoms in total. The molecule has 2 aromatic rings. The van der Waals surface area contributed by atoms with E-state index < -0.39 is 0 Å².